The third-order valence-electron chi connectivity index (χ3n) is 5.30. The van der Waals surface area contributed by atoms with Crippen molar-refractivity contribution in [2.24, 2.45) is 28.7 Å². The van der Waals surface area contributed by atoms with Crippen molar-refractivity contribution in [2.75, 3.05) is 0 Å². The zero-order chi connectivity index (χ0) is 17.2. The normalized spacial score (nSPS) is 20.3. The van der Waals surface area contributed by atoms with Crippen molar-refractivity contribution in [3.63, 3.8) is 0 Å². The molecule has 0 aromatic heterocycles. The summed E-state index contributed by atoms with van der Waals surface area (Å²) < 4.78 is 0. The first-order valence-electron chi connectivity index (χ1n) is 10.1. The highest BCUT2D eigenvalue weighted by molar-refractivity contribution is 5.62. The predicted molar refractivity (Wildman–Crippen MR) is 105 cm³/mol. The van der Waals surface area contributed by atoms with Gasteiger partial charge in [-0.15, -0.1) is 0 Å². The van der Waals surface area contributed by atoms with E-state index in [9.17, 15) is 0 Å². The van der Waals surface area contributed by atoms with Gasteiger partial charge < -0.3 is 0 Å². The Morgan fingerprint density at radius 2 is 1.83 bits per heavy atom. The summed E-state index contributed by atoms with van der Waals surface area (Å²) in [4.78, 5) is 4.96. The predicted octanol–water partition coefficient (Wildman–Crippen LogP) is 7.07. The van der Waals surface area contributed by atoms with E-state index in [1.807, 2.05) is 0 Å². The van der Waals surface area contributed by atoms with Crippen molar-refractivity contribution >= 4 is 6.21 Å². The molecular weight excluding hydrogens is 278 g/mol. The van der Waals surface area contributed by atoms with Crippen LogP contribution in [-0.2, 0) is 0 Å². The van der Waals surface area contributed by atoms with Crippen LogP contribution in [0.5, 0.6) is 0 Å². The molecule has 23 heavy (non-hydrogen) atoms. The van der Waals surface area contributed by atoms with Crippen LogP contribution in [0.2, 0.25) is 0 Å². The van der Waals surface area contributed by atoms with Crippen LogP contribution in [0.4, 0.5) is 0 Å². The van der Waals surface area contributed by atoms with E-state index in [0.717, 1.165) is 23.7 Å². The molecule has 1 nitrogen and oxygen atoms in total. The van der Waals surface area contributed by atoms with Gasteiger partial charge in [-0.2, -0.15) is 0 Å². The zero-order valence-corrected chi connectivity index (χ0v) is 16.6. The second kappa shape index (κ2) is 11.0. The van der Waals surface area contributed by atoms with E-state index in [2.05, 4.69) is 53.8 Å². The third-order valence-corrected chi connectivity index (χ3v) is 5.30. The van der Waals surface area contributed by atoms with Gasteiger partial charge >= 0.3 is 0 Å². The fourth-order valence-electron chi connectivity index (χ4n) is 3.60. The summed E-state index contributed by atoms with van der Waals surface area (Å²) in [5.41, 5.74) is 1.44. The van der Waals surface area contributed by atoms with E-state index in [1.54, 1.807) is 0 Å². The van der Waals surface area contributed by atoms with E-state index in [0.29, 0.717) is 6.04 Å². The van der Waals surface area contributed by atoms with E-state index < -0.39 is 0 Å². The fourth-order valence-corrected chi connectivity index (χ4v) is 3.60. The topological polar surface area (TPSA) is 12.4 Å². The van der Waals surface area contributed by atoms with Crippen molar-refractivity contribution in [3.05, 3.63) is 11.6 Å². The van der Waals surface area contributed by atoms with Crippen molar-refractivity contribution in [1.82, 2.24) is 0 Å². The van der Waals surface area contributed by atoms with Gasteiger partial charge in [-0.25, -0.2) is 0 Å². The number of nitrogens with zero attached hydrogens (tertiary/aromatic N) is 1. The minimum Gasteiger partial charge on any atom is -0.294 e. The molecule has 1 aliphatic carbocycles. The average molecular weight is 320 g/mol. The molecule has 0 aromatic carbocycles. The third kappa shape index (κ3) is 9.33. The van der Waals surface area contributed by atoms with Gasteiger partial charge in [0.05, 0.1) is 0 Å². The van der Waals surface area contributed by atoms with Crippen molar-refractivity contribution in [3.8, 4) is 0 Å². The van der Waals surface area contributed by atoms with Crippen molar-refractivity contribution < 1.29 is 0 Å². The molecule has 0 bridgehead atoms. The molecule has 1 fully saturated rings. The average Bonchev–Trinajstić information content (AvgIpc) is 3.29. The molecule has 4 atom stereocenters. The van der Waals surface area contributed by atoms with Gasteiger partial charge in [0.15, 0.2) is 0 Å². The lowest BCUT2D eigenvalue weighted by Crippen LogP contribution is -2.17. The van der Waals surface area contributed by atoms with Gasteiger partial charge in [-0.1, -0.05) is 51.7 Å². The number of hydrogen-bond donors (Lipinski definition) is 0. The Bertz CT molecular complexity index is 360. The van der Waals surface area contributed by atoms with Crippen LogP contribution < -0.4 is 0 Å². The lowest BCUT2D eigenvalue weighted by molar-refractivity contribution is 0.379. The van der Waals surface area contributed by atoms with Gasteiger partial charge in [0.2, 0.25) is 0 Å². The summed E-state index contributed by atoms with van der Waals surface area (Å²) >= 11 is 0. The minimum atomic E-state index is 0.483. The summed E-state index contributed by atoms with van der Waals surface area (Å²) in [7, 11) is 0. The number of rotatable bonds is 12. The van der Waals surface area contributed by atoms with Crippen molar-refractivity contribution in [1.29, 1.82) is 0 Å². The van der Waals surface area contributed by atoms with E-state index in [1.165, 1.54) is 56.9 Å². The molecule has 1 aliphatic rings. The van der Waals surface area contributed by atoms with Gasteiger partial charge in [-0.3, -0.25) is 4.99 Å². The summed E-state index contributed by atoms with van der Waals surface area (Å²) in [6, 6.07) is 0.483. The van der Waals surface area contributed by atoms with Gasteiger partial charge in [-0.05, 0) is 76.5 Å². The molecule has 0 radical (unpaired) electrons. The second-order valence-corrected chi connectivity index (χ2v) is 8.38. The van der Waals surface area contributed by atoms with Crippen molar-refractivity contribution in [2.45, 2.75) is 99.0 Å². The SMILES string of the molecule is CCCCC(C)C(C=N[C@@H](C)CC(C)CCC=C(C)C)C1CC1. The molecule has 0 amide bonds. The maximum Gasteiger partial charge on any atom is 0.0470 e. The zero-order valence-electron chi connectivity index (χ0n) is 16.6. The molecule has 1 heteroatoms. The highest BCUT2D eigenvalue weighted by Gasteiger charge is 2.33. The van der Waals surface area contributed by atoms with Crippen LogP contribution in [0.1, 0.15) is 92.9 Å². The Balaban J connectivity index is 2.38. The first-order chi connectivity index (χ1) is 10.9. The quantitative estimate of drug-likeness (QED) is 0.269. The van der Waals surface area contributed by atoms with Gasteiger partial charge in [0, 0.05) is 12.3 Å². The van der Waals surface area contributed by atoms with Crippen LogP contribution in [0.15, 0.2) is 16.6 Å². The van der Waals surface area contributed by atoms with Gasteiger partial charge in [0.1, 0.15) is 0 Å². The molecule has 0 aromatic rings. The Hall–Kier alpha value is -0.590. The Morgan fingerprint density at radius 3 is 2.39 bits per heavy atom. The molecule has 0 aliphatic heterocycles. The number of allylic oxidation sites excluding steroid dienone is 2. The summed E-state index contributed by atoms with van der Waals surface area (Å²) in [5.74, 6) is 3.26. The summed E-state index contributed by atoms with van der Waals surface area (Å²) in [5, 5.41) is 0. The first kappa shape index (κ1) is 20.5. The van der Waals surface area contributed by atoms with E-state index >= 15 is 0 Å². The highest BCUT2D eigenvalue weighted by Crippen LogP contribution is 2.41. The minimum absolute atomic E-state index is 0.483. The van der Waals surface area contributed by atoms with E-state index in [-0.39, 0.29) is 0 Å². The molecule has 134 valence electrons. The number of aliphatic imine (C=N–C) groups is 1. The van der Waals surface area contributed by atoms with E-state index in [4.69, 9.17) is 4.99 Å². The monoisotopic (exact) mass is 319 g/mol. The summed E-state index contributed by atoms with van der Waals surface area (Å²) in [6.45, 7) is 13.8. The van der Waals surface area contributed by atoms with Crippen LogP contribution >= 0.6 is 0 Å². The molecule has 1 saturated carbocycles. The maximum absolute atomic E-state index is 4.96. The second-order valence-electron chi connectivity index (χ2n) is 8.38. The molecule has 0 heterocycles. The summed E-state index contributed by atoms with van der Waals surface area (Å²) in [6.07, 6.45) is 15.4. The molecule has 0 N–H and O–H groups in total. The standard InChI is InChI=1S/C22H41N/c1-7-8-12-19(5)22(21-13-14-21)16-23-20(6)15-18(4)11-9-10-17(2)3/h10,16,18-22H,7-9,11-15H2,1-6H3/t18?,19?,20-,22?/m0/s1. The maximum atomic E-state index is 4.96. The molecule has 0 spiro atoms. The van der Waals surface area contributed by atoms with Crippen LogP contribution in [0.3, 0.4) is 0 Å². The van der Waals surface area contributed by atoms with Crippen LogP contribution in [-0.4, -0.2) is 12.3 Å². The largest absolute Gasteiger partial charge is 0.294 e. The van der Waals surface area contributed by atoms with Gasteiger partial charge in [0.25, 0.3) is 0 Å². The Labute approximate surface area is 146 Å². The Kier molecular flexibility index (Phi) is 9.83. The lowest BCUT2D eigenvalue weighted by Gasteiger charge is -2.21. The Morgan fingerprint density at radius 1 is 1.13 bits per heavy atom. The number of unbranched alkanes of at least 4 members (excludes halogenated alkanes) is 1. The highest BCUT2D eigenvalue weighted by atomic mass is 14.8. The lowest BCUT2D eigenvalue weighted by atomic mass is 9.86. The molecule has 0 saturated heterocycles. The molecule has 3 unspecified atom stereocenters. The number of hydrogen-bond acceptors (Lipinski definition) is 1. The fraction of sp³-hybridized carbons (Fsp3) is 0.864. The van der Waals surface area contributed by atoms with Crippen LogP contribution in [0.25, 0.3) is 0 Å². The molecular formula is C22H41N. The van der Waals surface area contributed by atoms with Crippen LogP contribution in [0, 0.1) is 23.7 Å². The first-order valence-corrected chi connectivity index (χ1v) is 10.1. The smallest absolute Gasteiger partial charge is 0.0470 e. The molecule has 1 rings (SSSR count).